The van der Waals surface area contributed by atoms with Crippen LogP contribution in [0.1, 0.15) is 31.9 Å². The van der Waals surface area contributed by atoms with Crippen molar-refractivity contribution in [2.24, 2.45) is 0 Å². The number of nitriles is 1. The maximum atomic E-state index is 12.7. The molecule has 16 aromatic rings. The van der Waals surface area contributed by atoms with Crippen LogP contribution in [0, 0.1) is 17.9 Å². The normalized spacial score (nSPS) is 12.2. The second kappa shape index (κ2) is 16.5. The van der Waals surface area contributed by atoms with Crippen molar-refractivity contribution in [2.75, 3.05) is 0 Å². The Morgan fingerprint density at radius 2 is 0.810 bits per heavy atom. The average molecular weight is 1010 g/mol. The van der Waals surface area contributed by atoms with E-state index in [1.165, 1.54) is 5.56 Å². The van der Waals surface area contributed by atoms with Gasteiger partial charge in [-0.1, -0.05) is 185 Å². The van der Waals surface area contributed by atoms with Crippen molar-refractivity contribution < 1.29 is 4.42 Å². The Hall–Kier alpha value is -10.6. The number of para-hydroxylation sites is 7. The smallest absolute Gasteiger partial charge is 0.237 e. The van der Waals surface area contributed by atoms with E-state index in [0.717, 1.165) is 120 Å². The van der Waals surface area contributed by atoms with E-state index in [0.29, 0.717) is 34.0 Å². The highest BCUT2D eigenvalue weighted by molar-refractivity contribution is 6.28. The minimum absolute atomic E-state index is 0.187. The minimum atomic E-state index is -0.187. The van der Waals surface area contributed by atoms with E-state index in [4.69, 9.17) is 9.26 Å². The molecule has 0 fully saturated rings. The summed E-state index contributed by atoms with van der Waals surface area (Å²) < 4.78 is 16.1. The second-order valence-corrected chi connectivity index (χ2v) is 21.7. The minimum Gasteiger partial charge on any atom is -0.456 e. The number of rotatable bonds is 5. The van der Waals surface area contributed by atoms with Crippen molar-refractivity contribution in [3.05, 3.63) is 247 Å². The molecule has 5 heterocycles. The van der Waals surface area contributed by atoms with Gasteiger partial charge in [0.25, 0.3) is 0 Å². The maximum absolute atomic E-state index is 12.7. The van der Waals surface area contributed by atoms with Crippen LogP contribution in [-0.2, 0) is 5.41 Å². The van der Waals surface area contributed by atoms with E-state index < -0.39 is 0 Å². The lowest BCUT2D eigenvalue weighted by molar-refractivity contribution is 0.592. The van der Waals surface area contributed by atoms with Gasteiger partial charge in [-0.2, -0.15) is 5.26 Å². The summed E-state index contributed by atoms with van der Waals surface area (Å²) in [5.41, 5.74) is 15.3. The number of hydrogen-bond acceptors (Lipinski definition) is 2. The van der Waals surface area contributed by atoms with Gasteiger partial charge in [0.15, 0.2) is 0 Å². The van der Waals surface area contributed by atoms with Crippen molar-refractivity contribution in [3.8, 4) is 39.9 Å². The van der Waals surface area contributed by atoms with Crippen LogP contribution in [0.3, 0.4) is 0 Å². The standard InChI is InChI=1S/C72H46N6O/c1-72(2,3)54-31-13-5-22-43(54)50-30-21-38-61-64(50)52-40-41-63-65(51-29-12-20-39-62(51)79-63)67(52)78(61)71-69(76-57-34-16-8-25-46(57)47-26-9-17-35-58(47)76)53(42-73)68(75-55-32-14-6-23-44(55)45-24-7-15-33-56(45)75)66(74-4)70(71)77-59-36-18-10-27-48(59)49-28-11-19-37-60(49)77/h5-41H,1-3H3. The van der Waals surface area contributed by atoms with Gasteiger partial charge in [0.05, 0.1) is 84.4 Å². The molecule has 0 aliphatic heterocycles. The van der Waals surface area contributed by atoms with Gasteiger partial charge < -0.3 is 22.7 Å². The van der Waals surface area contributed by atoms with Crippen LogP contribution in [-0.4, -0.2) is 18.3 Å². The van der Waals surface area contributed by atoms with Gasteiger partial charge in [0.2, 0.25) is 5.69 Å². The molecule has 0 N–H and O–H groups in total. The molecule has 0 unspecified atom stereocenters. The SMILES string of the molecule is [C-]#[N+]c1c(-n2c3ccccc3c3ccccc32)c(C#N)c(-n2c3ccccc3c3ccccc32)c(-n2c3cccc(-c4ccccc4C(C)(C)C)c3c3ccc4oc5ccccc5c4c32)c1-n1c2ccccc2c2ccccc21. The fourth-order valence-corrected chi connectivity index (χ4v) is 13.4. The molecule has 0 aliphatic carbocycles. The highest BCUT2D eigenvalue weighted by Crippen LogP contribution is 2.54. The Labute approximate surface area is 453 Å². The van der Waals surface area contributed by atoms with Crippen molar-refractivity contribution in [2.45, 2.75) is 26.2 Å². The number of furan rings is 1. The Kier molecular flexibility index (Phi) is 9.30. The van der Waals surface area contributed by atoms with Gasteiger partial charge >= 0.3 is 0 Å². The summed E-state index contributed by atoms with van der Waals surface area (Å²) in [7, 11) is 0. The third-order valence-electron chi connectivity index (χ3n) is 16.5. The summed E-state index contributed by atoms with van der Waals surface area (Å²) in [6.45, 7) is 16.7. The molecule has 7 heteroatoms. The van der Waals surface area contributed by atoms with Crippen LogP contribution in [0.15, 0.2) is 229 Å². The summed E-state index contributed by atoms with van der Waals surface area (Å²) in [6, 6.07) is 81.8. The molecular weight excluding hydrogens is 965 g/mol. The Morgan fingerprint density at radius 3 is 1.32 bits per heavy atom. The molecular formula is C72H46N6O. The number of benzene rings is 11. The fraction of sp³-hybridized carbons (Fsp3) is 0.0556. The van der Waals surface area contributed by atoms with Crippen molar-refractivity contribution in [1.82, 2.24) is 18.3 Å². The monoisotopic (exact) mass is 1010 g/mol. The quantitative estimate of drug-likeness (QED) is 0.161. The van der Waals surface area contributed by atoms with Crippen molar-refractivity contribution in [3.63, 3.8) is 0 Å². The molecule has 0 saturated heterocycles. The van der Waals surface area contributed by atoms with E-state index in [1.807, 2.05) is 24.3 Å². The van der Waals surface area contributed by atoms with Crippen LogP contribution in [0.25, 0.3) is 148 Å². The Bertz CT molecular complexity index is 5090. The van der Waals surface area contributed by atoms with Crippen LogP contribution in [0.2, 0.25) is 0 Å². The number of fused-ring (bicyclic) bond motifs is 16. The zero-order valence-corrected chi connectivity index (χ0v) is 43.5. The predicted molar refractivity (Wildman–Crippen MR) is 326 cm³/mol. The van der Waals surface area contributed by atoms with E-state index in [2.05, 4.69) is 245 Å². The van der Waals surface area contributed by atoms with Gasteiger partial charge in [0, 0.05) is 48.5 Å². The molecule has 0 atom stereocenters. The first kappa shape index (κ1) is 44.7. The molecule has 0 spiro atoms. The molecule has 0 radical (unpaired) electrons. The summed E-state index contributed by atoms with van der Waals surface area (Å²) >= 11 is 0. The van der Waals surface area contributed by atoms with E-state index >= 15 is 0 Å². The molecule has 11 aromatic carbocycles. The first-order valence-corrected chi connectivity index (χ1v) is 26.8. The second-order valence-electron chi connectivity index (χ2n) is 21.7. The summed E-state index contributed by atoms with van der Waals surface area (Å²) in [4.78, 5) is 4.82. The number of aromatic nitrogens is 4. The molecule has 0 aliphatic rings. The van der Waals surface area contributed by atoms with Crippen LogP contribution in [0.5, 0.6) is 0 Å². The summed E-state index contributed by atoms with van der Waals surface area (Å²) in [5.74, 6) is 0. The van der Waals surface area contributed by atoms with Gasteiger partial charge in [0.1, 0.15) is 17.2 Å². The summed E-state index contributed by atoms with van der Waals surface area (Å²) in [6.07, 6.45) is 0. The molecule has 79 heavy (non-hydrogen) atoms. The average Bonchev–Trinajstić information content (AvgIpc) is 3.73. The lowest BCUT2D eigenvalue weighted by Gasteiger charge is -2.27. The molecule has 7 nitrogen and oxygen atoms in total. The van der Waals surface area contributed by atoms with Crippen LogP contribution < -0.4 is 0 Å². The molecule has 0 amide bonds. The third kappa shape index (κ3) is 6.04. The number of nitrogens with zero attached hydrogens (tertiary/aromatic N) is 6. The Balaban J connectivity index is 1.26. The lowest BCUT2D eigenvalue weighted by atomic mass is 9.81. The number of hydrogen-bond donors (Lipinski definition) is 0. The maximum Gasteiger partial charge on any atom is 0.237 e. The topological polar surface area (TPSA) is 61.0 Å². The third-order valence-corrected chi connectivity index (χ3v) is 16.5. The molecule has 0 saturated carbocycles. The highest BCUT2D eigenvalue weighted by Gasteiger charge is 2.36. The van der Waals surface area contributed by atoms with Gasteiger partial charge in [-0.3, -0.25) is 0 Å². The first-order valence-electron chi connectivity index (χ1n) is 26.8. The molecule has 370 valence electrons. The van der Waals surface area contributed by atoms with Crippen molar-refractivity contribution >= 4 is 115 Å². The van der Waals surface area contributed by atoms with Crippen molar-refractivity contribution in [1.29, 1.82) is 5.26 Å². The first-order chi connectivity index (χ1) is 38.8. The van der Waals surface area contributed by atoms with Crippen LogP contribution >= 0.6 is 0 Å². The predicted octanol–water partition coefficient (Wildman–Crippen LogP) is 19.4. The van der Waals surface area contributed by atoms with E-state index in [9.17, 15) is 11.8 Å². The zero-order chi connectivity index (χ0) is 52.8. The lowest BCUT2D eigenvalue weighted by Crippen LogP contribution is -2.14. The summed E-state index contributed by atoms with van der Waals surface area (Å²) in [5, 5.41) is 22.9. The van der Waals surface area contributed by atoms with E-state index in [1.54, 1.807) is 0 Å². The van der Waals surface area contributed by atoms with Gasteiger partial charge in [-0.25, -0.2) is 4.85 Å². The molecule has 5 aromatic heterocycles. The van der Waals surface area contributed by atoms with E-state index in [-0.39, 0.29) is 5.41 Å². The van der Waals surface area contributed by atoms with Gasteiger partial charge in [-0.15, -0.1) is 0 Å². The molecule has 16 rings (SSSR count). The largest absolute Gasteiger partial charge is 0.456 e. The molecule has 0 bridgehead atoms. The Morgan fingerprint density at radius 1 is 0.380 bits per heavy atom. The highest BCUT2D eigenvalue weighted by atomic mass is 16.3. The fourth-order valence-electron chi connectivity index (χ4n) is 13.4. The van der Waals surface area contributed by atoms with Gasteiger partial charge in [-0.05, 0) is 82.8 Å². The zero-order valence-electron chi connectivity index (χ0n) is 43.5. The van der Waals surface area contributed by atoms with Crippen LogP contribution in [0.4, 0.5) is 5.69 Å².